The first-order chi connectivity index (χ1) is 8.18. The molecule has 3 N–H and O–H groups in total. The molecule has 1 saturated heterocycles. The van der Waals surface area contributed by atoms with E-state index in [1.165, 1.54) is 0 Å². The van der Waals surface area contributed by atoms with E-state index in [2.05, 4.69) is 5.32 Å². The Morgan fingerprint density at radius 1 is 1.53 bits per heavy atom. The van der Waals surface area contributed by atoms with Gasteiger partial charge in [-0.15, -0.1) is 0 Å². The normalized spacial score (nSPS) is 23.6. The van der Waals surface area contributed by atoms with Crippen molar-refractivity contribution in [3.05, 3.63) is 29.8 Å². The van der Waals surface area contributed by atoms with Crippen molar-refractivity contribution in [3.8, 4) is 0 Å². The van der Waals surface area contributed by atoms with Crippen molar-refractivity contribution >= 4 is 11.6 Å². The van der Waals surface area contributed by atoms with Gasteiger partial charge in [-0.3, -0.25) is 4.79 Å². The van der Waals surface area contributed by atoms with Crippen LogP contribution >= 0.6 is 0 Å². The fourth-order valence-corrected chi connectivity index (χ4v) is 2.01. The second kappa shape index (κ2) is 5.19. The van der Waals surface area contributed by atoms with E-state index >= 15 is 0 Å². The van der Waals surface area contributed by atoms with Gasteiger partial charge in [-0.05, 0) is 24.0 Å². The molecule has 2 atom stereocenters. The minimum absolute atomic E-state index is 0.0433. The Hall–Kier alpha value is -1.55. The highest BCUT2D eigenvalue weighted by Crippen LogP contribution is 2.20. The summed E-state index contributed by atoms with van der Waals surface area (Å²) in [5, 5.41) is 2.87. The number of hydrogen-bond acceptors (Lipinski definition) is 3. The standard InChI is InChI=1S/C13H18N2O2/c1-9-6-7-17-12(9)13(16)15-8-10-4-2-3-5-11(10)14/h2-5,9,12H,6-8,14H2,1H3,(H,15,16). The van der Waals surface area contributed by atoms with Crippen molar-refractivity contribution in [2.24, 2.45) is 5.92 Å². The van der Waals surface area contributed by atoms with Gasteiger partial charge in [-0.25, -0.2) is 0 Å². The lowest BCUT2D eigenvalue weighted by atomic mass is 10.0. The van der Waals surface area contributed by atoms with E-state index in [0.717, 1.165) is 12.0 Å². The smallest absolute Gasteiger partial charge is 0.249 e. The molecule has 1 heterocycles. The topological polar surface area (TPSA) is 64.3 Å². The van der Waals surface area contributed by atoms with Crippen LogP contribution in [0.4, 0.5) is 5.69 Å². The van der Waals surface area contributed by atoms with Gasteiger partial charge in [0, 0.05) is 18.8 Å². The van der Waals surface area contributed by atoms with Crippen molar-refractivity contribution in [1.29, 1.82) is 0 Å². The maximum absolute atomic E-state index is 11.9. The Kier molecular flexibility index (Phi) is 3.64. The third-order valence-electron chi connectivity index (χ3n) is 3.15. The van der Waals surface area contributed by atoms with E-state index < -0.39 is 0 Å². The molecule has 0 bridgehead atoms. The Labute approximate surface area is 101 Å². The van der Waals surface area contributed by atoms with Crippen molar-refractivity contribution in [3.63, 3.8) is 0 Å². The van der Waals surface area contributed by atoms with Crippen molar-refractivity contribution in [2.45, 2.75) is 26.0 Å². The molecular weight excluding hydrogens is 216 g/mol. The number of nitrogens with one attached hydrogen (secondary N) is 1. The second-order valence-electron chi connectivity index (χ2n) is 4.47. The van der Waals surface area contributed by atoms with Crippen LogP contribution in [0.15, 0.2) is 24.3 Å². The van der Waals surface area contributed by atoms with Gasteiger partial charge in [-0.2, -0.15) is 0 Å². The number of rotatable bonds is 3. The summed E-state index contributed by atoms with van der Waals surface area (Å²) in [6, 6.07) is 7.53. The molecule has 1 aromatic carbocycles. The third-order valence-corrected chi connectivity index (χ3v) is 3.15. The molecule has 2 unspecified atom stereocenters. The van der Waals surface area contributed by atoms with Crippen LogP contribution in [0.5, 0.6) is 0 Å². The first-order valence-corrected chi connectivity index (χ1v) is 5.91. The van der Waals surface area contributed by atoms with Crippen LogP contribution in [0.3, 0.4) is 0 Å². The summed E-state index contributed by atoms with van der Waals surface area (Å²) in [4.78, 5) is 11.9. The van der Waals surface area contributed by atoms with E-state index in [4.69, 9.17) is 10.5 Å². The van der Waals surface area contributed by atoms with Gasteiger partial charge in [0.15, 0.2) is 0 Å². The number of amides is 1. The largest absolute Gasteiger partial charge is 0.398 e. The van der Waals surface area contributed by atoms with Gasteiger partial charge >= 0.3 is 0 Å². The molecule has 0 saturated carbocycles. The monoisotopic (exact) mass is 234 g/mol. The summed E-state index contributed by atoms with van der Waals surface area (Å²) in [5.74, 6) is 0.251. The highest BCUT2D eigenvalue weighted by atomic mass is 16.5. The molecule has 1 aromatic rings. The molecule has 0 radical (unpaired) electrons. The van der Waals surface area contributed by atoms with E-state index in [9.17, 15) is 4.79 Å². The minimum atomic E-state index is -0.306. The van der Waals surface area contributed by atoms with Gasteiger partial charge in [0.1, 0.15) is 6.10 Å². The number of ether oxygens (including phenoxy) is 1. The molecule has 4 heteroatoms. The lowest BCUT2D eigenvalue weighted by molar-refractivity contribution is -0.131. The van der Waals surface area contributed by atoms with E-state index in [1.807, 2.05) is 31.2 Å². The van der Waals surface area contributed by atoms with Crippen molar-refractivity contribution in [2.75, 3.05) is 12.3 Å². The number of hydrogen-bond donors (Lipinski definition) is 2. The zero-order chi connectivity index (χ0) is 12.3. The summed E-state index contributed by atoms with van der Waals surface area (Å²) >= 11 is 0. The number of carbonyl (C=O) groups is 1. The Morgan fingerprint density at radius 2 is 2.29 bits per heavy atom. The first kappa shape index (κ1) is 11.9. The first-order valence-electron chi connectivity index (χ1n) is 5.91. The van der Waals surface area contributed by atoms with Gasteiger partial charge in [0.2, 0.25) is 5.91 Å². The summed E-state index contributed by atoms with van der Waals surface area (Å²) in [5.41, 5.74) is 7.44. The fraction of sp³-hybridized carbons (Fsp3) is 0.462. The molecule has 0 spiro atoms. The predicted octanol–water partition coefficient (Wildman–Crippen LogP) is 1.31. The summed E-state index contributed by atoms with van der Waals surface area (Å²) < 4.78 is 5.40. The minimum Gasteiger partial charge on any atom is -0.398 e. The van der Waals surface area contributed by atoms with Crippen LogP contribution in [-0.4, -0.2) is 18.6 Å². The summed E-state index contributed by atoms with van der Waals surface area (Å²) in [6.07, 6.45) is 0.644. The molecule has 2 rings (SSSR count). The Balaban J connectivity index is 1.90. The fourth-order valence-electron chi connectivity index (χ4n) is 2.01. The zero-order valence-electron chi connectivity index (χ0n) is 9.98. The highest BCUT2D eigenvalue weighted by molar-refractivity contribution is 5.81. The predicted molar refractivity (Wildman–Crippen MR) is 66.2 cm³/mol. The lowest BCUT2D eigenvalue weighted by Gasteiger charge is -2.15. The quantitative estimate of drug-likeness (QED) is 0.775. The van der Waals surface area contributed by atoms with Crippen LogP contribution in [0, 0.1) is 5.92 Å². The van der Waals surface area contributed by atoms with Crippen LogP contribution < -0.4 is 11.1 Å². The molecule has 0 aromatic heterocycles. The number of nitrogen functional groups attached to an aromatic ring is 1. The van der Waals surface area contributed by atoms with Gasteiger partial charge in [0.05, 0.1) is 0 Å². The van der Waals surface area contributed by atoms with Gasteiger partial charge in [0.25, 0.3) is 0 Å². The maximum Gasteiger partial charge on any atom is 0.249 e. The number of benzene rings is 1. The number of nitrogens with two attached hydrogens (primary N) is 1. The molecule has 92 valence electrons. The molecule has 0 aliphatic carbocycles. The van der Waals surface area contributed by atoms with E-state index in [0.29, 0.717) is 24.8 Å². The molecular formula is C13H18N2O2. The van der Waals surface area contributed by atoms with Crippen LogP contribution in [0.25, 0.3) is 0 Å². The molecule has 4 nitrogen and oxygen atoms in total. The van der Waals surface area contributed by atoms with Crippen LogP contribution in [-0.2, 0) is 16.1 Å². The van der Waals surface area contributed by atoms with Crippen LogP contribution in [0.1, 0.15) is 18.9 Å². The lowest BCUT2D eigenvalue weighted by Crippen LogP contribution is -2.36. The average molecular weight is 234 g/mol. The second-order valence-corrected chi connectivity index (χ2v) is 4.47. The SMILES string of the molecule is CC1CCOC1C(=O)NCc1ccccc1N. The maximum atomic E-state index is 11.9. The number of para-hydroxylation sites is 1. The summed E-state index contributed by atoms with van der Waals surface area (Å²) in [7, 11) is 0. The number of carbonyl (C=O) groups excluding carboxylic acids is 1. The molecule has 1 aliphatic heterocycles. The molecule has 1 fully saturated rings. The summed E-state index contributed by atoms with van der Waals surface area (Å²) in [6.45, 7) is 3.17. The Morgan fingerprint density at radius 3 is 2.94 bits per heavy atom. The van der Waals surface area contributed by atoms with E-state index in [1.54, 1.807) is 0 Å². The highest BCUT2D eigenvalue weighted by Gasteiger charge is 2.30. The van der Waals surface area contributed by atoms with Crippen molar-refractivity contribution in [1.82, 2.24) is 5.32 Å². The Bertz CT molecular complexity index is 406. The average Bonchev–Trinajstić information content (AvgIpc) is 2.74. The number of anilines is 1. The van der Waals surface area contributed by atoms with Crippen LogP contribution in [0.2, 0.25) is 0 Å². The zero-order valence-corrected chi connectivity index (χ0v) is 9.98. The van der Waals surface area contributed by atoms with Gasteiger partial charge < -0.3 is 15.8 Å². The van der Waals surface area contributed by atoms with E-state index in [-0.39, 0.29) is 12.0 Å². The molecule has 1 amide bonds. The van der Waals surface area contributed by atoms with Crippen molar-refractivity contribution < 1.29 is 9.53 Å². The third kappa shape index (κ3) is 2.77. The molecule has 17 heavy (non-hydrogen) atoms. The molecule has 1 aliphatic rings. The van der Waals surface area contributed by atoms with Gasteiger partial charge in [-0.1, -0.05) is 25.1 Å².